The van der Waals surface area contributed by atoms with Crippen LogP contribution in [0.2, 0.25) is 0 Å². The summed E-state index contributed by atoms with van der Waals surface area (Å²) in [4.78, 5) is 15.5. The summed E-state index contributed by atoms with van der Waals surface area (Å²) in [6, 6.07) is 10.2. The first kappa shape index (κ1) is 20.3. The average Bonchev–Trinajstić information content (AvgIpc) is 2.69. The Labute approximate surface area is 164 Å². The molecule has 1 aromatic rings. The Morgan fingerprint density at radius 3 is 2.48 bits per heavy atom. The highest BCUT2D eigenvalue weighted by atomic mass is 16.5. The van der Waals surface area contributed by atoms with E-state index in [1.54, 1.807) is 0 Å². The molecular weight excluding hydrogens is 338 g/mol. The van der Waals surface area contributed by atoms with Crippen molar-refractivity contribution in [2.45, 2.75) is 51.9 Å². The predicted molar refractivity (Wildman–Crippen MR) is 108 cm³/mol. The van der Waals surface area contributed by atoms with Crippen molar-refractivity contribution in [2.75, 3.05) is 39.5 Å². The lowest BCUT2D eigenvalue weighted by molar-refractivity contribution is -0.151. The van der Waals surface area contributed by atoms with E-state index in [9.17, 15) is 4.79 Å². The SMILES string of the molecule is CC(C)(COC(=O)C(c1ccccc1)C1CCCCC1)CN1CCOCC1. The first-order valence-electron chi connectivity index (χ1n) is 10.6. The average molecular weight is 374 g/mol. The third-order valence-corrected chi connectivity index (χ3v) is 5.89. The third kappa shape index (κ3) is 6.05. The number of morpholine rings is 1. The number of nitrogens with zero attached hydrogens (tertiary/aromatic N) is 1. The van der Waals surface area contributed by atoms with Gasteiger partial charge in [0.15, 0.2) is 0 Å². The first-order valence-corrected chi connectivity index (χ1v) is 10.6. The van der Waals surface area contributed by atoms with E-state index in [0.717, 1.165) is 51.3 Å². The lowest BCUT2D eigenvalue weighted by atomic mass is 9.77. The lowest BCUT2D eigenvalue weighted by Gasteiger charge is -2.35. The highest BCUT2D eigenvalue weighted by Gasteiger charge is 2.33. The zero-order valence-electron chi connectivity index (χ0n) is 17.0. The van der Waals surface area contributed by atoms with Gasteiger partial charge in [-0.3, -0.25) is 9.69 Å². The van der Waals surface area contributed by atoms with Crippen LogP contribution in [-0.4, -0.2) is 50.3 Å². The van der Waals surface area contributed by atoms with Crippen LogP contribution in [0.3, 0.4) is 0 Å². The van der Waals surface area contributed by atoms with Crippen LogP contribution in [0.1, 0.15) is 57.4 Å². The Morgan fingerprint density at radius 1 is 1.15 bits per heavy atom. The third-order valence-electron chi connectivity index (χ3n) is 5.89. The molecule has 0 amide bonds. The highest BCUT2D eigenvalue weighted by Crippen LogP contribution is 2.37. The van der Waals surface area contributed by atoms with Crippen molar-refractivity contribution < 1.29 is 14.3 Å². The quantitative estimate of drug-likeness (QED) is 0.670. The van der Waals surface area contributed by atoms with Gasteiger partial charge in [0.25, 0.3) is 0 Å². The maximum atomic E-state index is 13.1. The van der Waals surface area contributed by atoms with Gasteiger partial charge >= 0.3 is 5.97 Å². The van der Waals surface area contributed by atoms with Gasteiger partial charge in [-0.05, 0) is 24.3 Å². The van der Waals surface area contributed by atoms with Crippen molar-refractivity contribution in [1.82, 2.24) is 4.90 Å². The van der Waals surface area contributed by atoms with Gasteiger partial charge in [-0.25, -0.2) is 0 Å². The fourth-order valence-corrected chi connectivity index (χ4v) is 4.50. The van der Waals surface area contributed by atoms with Crippen molar-refractivity contribution in [2.24, 2.45) is 11.3 Å². The van der Waals surface area contributed by atoms with Crippen LogP contribution < -0.4 is 0 Å². The lowest BCUT2D eigenvalue weighted by Crippen LogP contribution is -2.43. The molecule has 0 spiro atoms. The van der Waals surface area contributed by atoms with Crippen LogP contribution in [0, 0.1) is 11.3 Å². The molecule has 3 rings (SSSR count). The topological polar surface area (TPSA) is 38.8 Å². The molecule has 1 saturated carbocycles. The molecule has 2 fully saturated rings. The standard InChI is InChI=1S/C23H35NO3/c1-23(2,17-24-13-15-26-16-14-24)18-27-22(25)21(19-9-5-3-6-10-19)20-11-7-4-8-12-20/h3,5-6,9-10,20-21H,4,7-8,11-18H2,1-2H3. The first-order chi connectivity index (χ1) is 13.1. The summed E-state index contributed by atoms with van der Waals surface area (Å²) in [5.41, 5.74) is 1.06. The summed E-state index contributed by atoms with van der Waals surface area (Å²) >= 11 is 0. The second-order valence-electron chi connectivity index (χ2n) is 8.95. The zero-order valence-corrected chi connectivity index (χ0v) is 17.0. The molecule has 1 saturated heterocycles. The Kier molecular flexibility index (Phi) is 7.31. The number of ether oxygens (including phenoxy) is 2. The molecule has 2 aliphatic rings. The maximum absolute atomic E-state index is 13.1. The maximum Gasteiger partial charge on any atom is 0.313 e. The molecule has 0 radical (unpaired) electrons. The summed E-state index contributed by atoms with van der Waals surface area (Å²) in [6.07, 6.45) is 6.00. The molecule has 27 heavy (non-hydrogen) atoms. The molecule has 1 aliphatic carbocycles. The molecule has 1 unspecified atom stereocenters. The minimum atomic E-state index is -0.120. The van der Waals surface area contributed by atoms with Crippen molar-refractivity contribution in [1.29, 1.82) is 0 Å². The second-order valence-corrected chi connectivity index (χ2v) is 8.95. The van der Waals surface area contributed by atoms with E-state index in [2.05, 4.69) is 30.9 Å². The van der Waals surface area contributed by atoms with Gasteiger partial charge < -0.3 is 9.47 Å². The van der Waals surface area contributed by atoms with Gasteiger partial charge in [-0.2, -0.15) is 0 Å². The molecule has 0 bridgehead atoms. The molecule has 4 heteroatoms. The summed E-state index contributed by atoms with van der Waals surface area (Å²) in [7, 11) is 0. The van der Waals surface area contributed by atoms with Gasteiger partial charge in [0.2, 0.25) is 0 Å². The van der Waals surface area contributed by atoms with Crippen molar-refractivity contribution in [3.8, 4) is 0 Å². The number of carbonyl (C=O) groups is 1. The number of benzene rings is 1. The van der Waals surface area contributed by atoms with E-state index in [1.165, 1.54) is 19.3 Å². The predicted octanol–water partition coefficient (Wildman–Crippen LogP) is 4.25. The summed E-state index contributed by atoms with van der Waals surface area (Å²) in [6.45, 7) is 9.31. The largest absolute Gasteiger partial charge is 0.465 e. The number of rotatable bonds is 7. The molecular formula is C23H35NO3. The summed E-state index contributed by atoms with van der Waals surface area (Å²) in [5, 5.41) is 0. The Morgan fingerprint density at radius 2 is 1.81 bits per heavy atom. The molecule has 0 N–H and O–H groups in total. The van der Waals surface area contributed by atoms with E-state index < -0.39 is 0 Å². The van der Waals surface area contributed by atoms with Crippen LogP contribution in [-0.2, 0) is 14.3 Å². The van der Waals surface area contributed by atoms with Crippen LogP contribution >= 0.6 is 0 Å². The fraction of sp³-hybridized carbons (Fsp3) is 0.696. The normalized spacial score (nSPS) is 21.0. The van der Waals surface area contributed by atoms with E-state index in [-0.39, 0.29) is 17.3 Å². The van der Waals surface area contributed by atoms with Gasteiger partial charge in [-0.15, -0.1) is 0 Å². The molecule has 4 nitrogen and oxygen atoms in total. The van der Waals surface area contributed by atoms with Gasteiger partial charge in [0.05, 0.1) is 25.7 Å². The Hall–Kier alpha value is -1.39. The Balaban J connectivity index is 1.61. The smallest absolute Gasteiger partial charge is 0.313 e. The van der Waals surface area contributed by atoms with E-state index in [4.69, 9.17) is 9.47 Å². The molecule has 1 heterocycles. The number of esters is 1. The number of hydrogen-bond acceptors (Lipinski definition) is 4. The van der Waals surface area contributed by atoms with E-state index in [1.807, 2.05) is 18.2 Å². The molecule has 150 valence electrons. The number of carbonyl (C=O) groups excluding carboxylic acids is 1. The van der Waals surface area contributed by atoms with E-state index >= 15 is 0 Å². The van der Waals surface area contributed by atoms with Gasteiger partial charge in [0, 0.05) is 25.0 Å². The van der Waals surface area contributed by atoms with Crippen molar-refractivity contribution >= 4 is 5.97 Å². The summed E-state index contributed by atoms with van der Waals surface area (Å²) < 4.78 is 11.4. The number of hydrogen-bond donors (Lipinski definition) is 0. The molecule has 0 aromatic heterocycles. The molecule has 1 aromatic carbocycles. The Bertz CT molecular complexity index is 575. The van der Waals surface area contributed by atoms with Gasteiger partial charge in [-0.1, -0.05) is 63.4 Å². The highest BCUT2D eigenvalue weighted by molar-refractivity contribution is 5.78. The van der Waals surface area contributed by atoms with Crippen molar-refractivity contribution in [3.05, 3.63) is 35.9 Å². The monoisotopic (exact) mass is 373 g/mol. The van der Waals surface area contributed by atoms with Crippen LogP contribution in [0.25, 0.3) is 0 Å². The summed E-state index contributed by atoms with van der Waals surface area (Å²) in [5.74, 6) is 0.254. The van der Waals surface area contributed by atoms with E-state index in [0.29, 0.717) is 12.5 Å². The van der Waals surface area contributed by atoms with Crippen molar-refractivity contribution in [3.63, 3.8) is 0 Å². The second kappa shape index (κ2) is 9.70. The minimum absolute atomic E-state index is 0.0387. The van der Waals surface area contributed by atoms with Crippen LogP contribution in [0.4, 0.5) is 0 Å². The van der Waals surface area contributed by atoms with Crippen LogP contribution in [0.15, 0.2) is 30.3 Å². The fourth-order valence-electron chi connectivity index (χ4n) is 4.50. The van der Waals surface area contributed by atoms with Crippen LogP contribution in [0.5, 0.6) is 0 Å². The zero-order chi connectivity index (χ0) is 19.1. The molecule has 1 atom stereocenters. The minimum Gasteiger partial charge on any atom is -0.465 e. The molecule has 1 aliphatic heterocycles. The van der Waals surface area contributed by atoms with Gasteiger partial charge in [0.1, 0.15) is 0 Å².